The molecule has 2 fully saturated rings. The minimum Gasteiger partial charge on any atom is -0.354 e. The molecule has 0 amide bonds. The molecule has 1 aliphatic heterocycles. The first-order valence-corrected chi connectivity index (χ1v) is 7.36. The van der Waals surface area contributed by atoms with Crippen molar-refractivity contribution < 1.29 is 0 Å². The van der Waals surface area contributed by atoms with Gasteiger partial charge in [0.2, 0.25) is 0 Å². The zero-order chi connectivity index (χ0) is 13.5. The Morgan fingerprint density at radius 2 is 1.74 bits per heavy atom. The summed E-state index contributed by atoms with van der Waals surface area (Å²) in [4.78, 5) is 13.8. The smallest absolute Gasteiger partial charge is 0.132 e. The van der Waals surface area contributed by atoms with Crippen molar-refractivity contribution in [1.29, 1.82) is 0 Å². The lowest BCUT2D eigenvalue weighted by molar-refractivity contribution is 0.128. The minimum atomic E-state index is 0.275. The first-order chi connectivity index (χ1) is 9.04. The van der Waals surface area contributed by atoms with Gasteiger partial charge < -0.3 is 4.90 Å². The van der Waals surface area contributed by atoms with Crippen LogP contribution in [-0.4, -0.2) is 46.6 Å². The van der Waals surface area contributed by atoms with Gasteiger partial charge in [0.15, 0.2) is 0 Å². The van der Waals surface area contributed by atoms with Crippen molar-refractivity contribution in [3.05, 3.63) is 18.1 Å². The number of piperazine rings is 1. The van der Waals surface area contributed by atoms with Gasteiger partial charge in [0.1, 0.15) is 12.1 Å². The summed E-state index contributed by atoms with van der Waals surface area (Å²) >= 11 is 0. The van der Waals surface area contributed by atoms with Crippen LogP contribution in [0.4, 0.5) is 5.82 Å². The molecular formula is C15H24N4. The molecule has 1 aliphatic carbocycles. The Balaban J connectivity index is 1.66. The second kappa shape index (κ2) is 4.75. The highest BCUT2D eigenvalue weighted by Crippen LogP contribution is 2.39. The van der Waals surface area contributed by atoms with Gasteiger partial charge in [0, 0.05) is 49.4 Å². The van der Waals surface area contributed by atoms with Crippen LogP contribution >= 0.6 is 0 Å². The Bertz CT molecular complexity index is 440. The molecule has 1 saturated heterocycles. The minimum absolute atomic E-state index is 0.275. The van der Waals surface area contributed by atoms with Crippen LogP contribution in [0.2, 0.25) is 0 Å². The number of nitrogens with zero attached hydrogens (tertiary/aromatic N) is 4. The van der Waals surface area contributed by atoms with Gasteiger partial charge in [-0.15, -0.1) is 0 Å². The van der Waals surface area contributed by atoms with Gasteiger partial charge in [-0.2, -0.15) is 0 Å². The molecule has 1 aromatic rings. The normalized spacial score (nSPS) is 21.7. The zero-order valence-electron chi connectivity index (χ0n) is 12.3. The van der Waals surface area contributed by atoms with Crippen LogP contribution in [0.25, 0.3) is 0 Å². The van der Waals surface area contributed by atoms with E-state index in [-0.39, 0.29) is 5.54 Å². The van der Waals surface area contributed by atoms with Crippen LogP contribution in [0.3, 0.4) is 0 Å². The van der Waals surface area contributed by atoms with Crippen molar-refractivity contribution >= 4 is 5.82 Å². The van der Waals surface area contributed by atoms with Gasteiger partial charge in [0.25, 0.3) is 0 Å². The third kappa shape index (κ3) is 2.89. The van der Waals surface area contributed by atoms with E-state index in [9.17, 15) is 0 Å². The maximum atomic E-state index is 4.46. The van der Waals surface area contributed by atoms with E-state index in [1.807, 2.05) is 0 Å². The fourth-order valence-corrected chi connectivity index (χ4v) is 2.74. The van der Waals surface area contributed by atoms with Gasteiger partial charge >= 0.3 is 0 Å². The third-order valence-electron chi connectivity index (χ3n) is 4.22. The molecule has 1 saturated carbocycles. The van der Waals surface area contributed by atoms with E-state index in [4.69, 9.17) is 0 Å². The fraction of sp³-hybridized carbons (Fsp3) is 0.733. The standard InChI is InChI=1S/C15H24N4/c1-15(2,3)19-8-6-18(7-9-19)14-10-13(12-4-5-12)16-11-17-14/h10-12H,4-9H2,1-3H3. The summed E-state index contributed by atoms with van der Waals surface area (Å²) in [7, 11) is 0. The highest BCUT2D eigenvalue weighted by atomic mass is 15.3. The highest BCUT2D eigenvalue weighted by Gasteiger charge is 2.28. The second-order valence-electron chi connectivity index (χ2n) is 6.72. The SMILES string of the molecule is CC(C)(C)N1CCN(c2cc(C3CC3)ncn2)CC1. The average Bonchev–Trinajstić information content (AvgIpc) is 3.22. The highest BCUT2D eigenvalue weighted by molar-refractivity contribution is 5.41. The van der Waals surface area contributed by atoms with Gasteiger partial charge in [-0.05, 0) is 33.6 Å². The van der Waals surface area contributed by atoms with Gasteiger partial charge in [-0.3, -0.25) is 4.90 Å². The Morgan fingerprint density at radius 1 is 1.05 bits per heavy atom. The first-order valence-electron chi connectivity index (χ1n) is 7.36. The molecule has 0 atom stereocenters. The van der Waals surface area contributed by atoms with Crippen LogP contribution in [0.15, 0.2) is 12.4 Å². The summed E-state index contributed by atoms with van der Waals surface area (Å²) in [6.07, 6.45) is 4.33. The Morgan fingerprint density at radius 3 is 2.32 bits per heavy atom. The molecule has 0 aromatic carbocycles. The van der Waals surface area contributed by atoms with Crippen molar-refractivity contribution in [2.24, 2.45) is 0 Å². The summed E-state index contributed by atoms with van der Waals surface area (Å²) in [5.74, 6) is 1.82. The molecule has 19 heavy (non-hydrogen) atoms. The Hall–Kier alpha value is -1.16. The monoisotopic (exact) mass is 260 g/mol. The summed E-state index contributed by atoms with van der Waals surface area (Å²) in [6.45, 7) is 11.2. The number of rotatable bonds is 2. The van der Waals surface area contributed by atoms with Crippen molar-refractivity contribution in [3.63, 3.8) is 0 Å². The van der Waals surface area contributed by atoms with Gasteiger partial charge in [-0.1, -0.05) is 0 Å². The molecule has 1 aromatic heterocycles. The van der Waals surface area contributed by atoms with E-state index in [1.165, 1.54) is 18.5 Å². The topological polar surface area (TPSA) is 32.3 Å². The quantitative estimate of drug-likeness (QED) is 0.816. The number of aromatic nitrogens is 2. The predicted octanol–water partition coefficient (Wildman–Crippen LogP) is 2.27. The molecule has 0 bridgehead atoms. The third-order valence-corrected chi connectivity index (χ3v) is 4.22. The Labute approximate surface area is 115 Å². The molecule has 104 valence electrons. The molecule has 0 N–H and O–H groups in total. The molecule has 0 unspecified atom stereocenters. The summed E-state index contributed by atoms with van der Waals surface area (Å²) in [5, 5.41) is 0. The van der Waals surface area contributed by atoms with Crippen LogP contribution in [0, 0.1) is 0 Å². The molecular weight excluding hydrogens is 236 g/mol. The number of hydrogen-bond donors (Lipinski definition) is 0. The van der Waals surface area contributed by atoms with E-state index in [2.05, 4.69) is 46.6 Å². The van der Waals surface area contributed by atoms with Crippen LogP contribution in [0.5, 0.6) is 0 Å². The van der Waals surface area contributed by atoms with E-state index < -0.39 is 0 Å². The molecule has 0 spiro atoms. The average molecular weight is 260 g/mol. The van der Waals surface area contributed by atoms with E-state index >= 15 is 0 Å². The van der Waals surface area contributed by atoms with Gasteiger partial charge in [0.05, 0.1) is 0 Å². The van der Waals surface area contributed by atoms with Crippen molar-refractivity contribution in [2.75, 3.05) is 31.1 Å². The molecule has 3 rings (SSSR count). The summed E-state index contributed by atoms with van der Waals surface area (Å²) in [5.41, 5.74) is 1.51. The number of anilines is 1. The largest absolute Gasteiger partial charge is 0.354 e. The van der Waals surface area contributed by atoms with Crippen LogP contribution in [0.1, 0.15) is 45.2 Å². The molecule has 4 nitrogen and oxygen atoms in total. The van der Waals surface area contributed by atoms with Crippen LogP contribution in [-0.2, 0) is 0 Å². The lowest BCUT2D eigenvalue weighted by Crippen LogP contribution is -2.53. The molecule has 2 aliphatic rings. The lowest BCUT2D eigenvalue weighted by atomic mass is 10.0. The summed E-state index contributed by atoms with van der Waals surface area (Å²) < 4.78 is 0. The van der Waals surface area contributed by atoms with E-state index in [1.54, 1.807) is 6.33 Å². The van der Waals surface area contributed by atoms with Crippen LogP contribution < -0.4 is 4.90 Å². The Kier molecular flexibility index (Phi) is 3.21. The van der Waals surface area contributed by atoms with Crippen molar-refractivity contribution in [1.82, 2.24) is 14.9 Å². The summed E-state index contributed by atoms with van der Waals surface area (Å²) in [6, 6.07) is 2.20. The maximum absolute atomic E-state index is 4.46. The second-order valence-corrected chi connectivity index (χ2v) is 6.72. The fourth-order valence-electron chi connectivity index (χ4n) is 2.74. The maximum Gasteiger partial charge on any atom is 0.132 e. The lowest BCUT2D eigenvalue weighted by Gasteiger charge is -2.42. The zero-order valence-corrected chi connectivity index (χ0v) is 12.3. The number of hydrogen-bond acceptors (Lipinski definition) is 4. The molecule has 2 heterocycles. The van der Waals surface area contributed by atoms with Gasteiger partial charge in [-0.25, -0.2) is 9.97 Å². The predicted molar refractivity (Wildman–Crippen MR) is 77.5 cm³/mol. The van der Waals surface area contributed by atoms with E-state index in [0.717, 1.165) is 32.0 Å². The van der Waals surface area contributed by atoms with Crippen molar-refractivity contribution in [3.8, 4) is 0 Å². The first kappa shape index (κ1) is 12.9. The molecule has 4 heteroatoms. The van der Waals surface area contributed by atoms with E-state index in [0.29, 0.717) is 5.92 Å². The van der Waals surface area contributed by atoms with Crippen molar-refractivity contribution in [2.45, 2.75) is 45.1 Å². The molecule has 0 radical (unpaired) electrons.